The van der Waals surface area contributed by atoms with Crippen LogP contribution in [0.4, 0.5) is 0 Å². The quantitative estimate of drug-likeness (QED) is 0.374. The molecule has 144 valence electrons. The van der Waals surface area contributed by atoms with Crippen LogP contribution in [-0.4, -0.2) is 30.1 Å². The fourth-order valence-electron chi connectivity index (χ4n) is 4.03. The molecule has 0 fully saturated rings. The van der Waals surface area contributed by atoms with E-state index in [0.29, 0.717) is 0 Å². The normalized spacial score (nSPS) is 11.5. The zero-order valence-corrected chi connectivity index (χ0v) is 16.3. The van der Waals surface area contributed by atoms with Gasteiger partial charge in [-0.15, -0.1) is 0 Å². The van der Waals surface area contributed by atoms with Gasteiger partial charge < -0.3 is 9.97 Å². The molecule has 0 saturated carbocycles. The van der Waals surface area contributed by atoms with E-state index < -0.39 is 0 Å². The predicted octanol–water partition coefficient (Wildman–Crippen LogP) is 5.47. The third-order valence-electron chi connectivity index (χ3n) is 5.61. The molecule has 0 aliphatic rings. The Bertz CT molecular complexity index is 1470. The average molecular weight is 390 g/mol. The number of aromatic amines is 3. The number of aromatic nitrogens is 6. The van der Waals surface area contributed by atoms with Crippen molar-refractivity contribution < 1.29 is 0 Å². The second kappa shape index (κ2) is 6.42. The molecule has 0 aliphatic heterocycles. The number of para-hydroxylation sites is 2. The molecule has 0 spiro atoms. The Morgan fingerprint density at radius 3 is 2.57 bits per heavy atom. The number of imidazole rings is 1. The number of H-pyrrole nitrogens is 3. The largest absolute Gasteiger partial charge is 0.367 e. The van der Waals surface area contributed by atoms with Crippen LogP contribution < -0.4 is 0 Å². The third-order valence-corrected chi connectivity index (χ3v) is 5.61. The maximum Gasteiger partial charge on any atom is 0.159 e. The van der Waals surface area contributed by atoms with Crippen LogP contribution in [0.15, 0.2) is 73.3 Å². The van der Waals surface area contributed by atoms with E-state index in [2.05, 4.69) is 56.3 Å². The molecule has 6 nitrogen and oxygen atoms in total. The Morgan fingerprint density at radius 2 is 1.73 bits per heavy atom. The average Bonchev–Trinajstić information content (AvgIpc) is 3.52. The summed E-state index contributed by atoms with van der Waals surface area (Å²) in [5, 5.41) is 8.69. The van der Waals surface area contributed by atoms with Crippen molar-refractivity contribution in [3.8, 4) is 33.8 Å². The lowest BCUT2D eigenvalue weighted by molar-refractivity contribution is 1.11. The highest BCUT2D eigenvalue weighted by Gasteiger charge is 2.15. The van der Waals surface area contributed by atoms with Gasteiger partial charge in [0, 0.05) is 46.9 Å². The van der Waals surface area contributed by atoms with Gasteiger partial charge in [0.15, 0.2) is 5.82 Å². The van der Waals surface area contributed by atoms with Gasteiger partial charge in [-0.3, -0.25) is 10.1 Å². The Hall–Kier alpha value is -4.19. The Kier molecular flexibility index (Phi) is 3.58. The first kappa shape index (κ1) is 16.7. The van der Waals surface area contributed by atoms with Gasteiger partial charge in [-0.1, -0.05) is 18.2 Å². The first-order valence-corrected chi connectivity index (χ1v) is 9.79. The van der Waals surface area contributed by atoms with Crippen molar-refractivity contribution in [2.75, 3.05) is 0 Å². The van der Waals surface area contributed by atoms with E-state index in [0.717, 1.165) is 55.7 Å². The highest BCUT2D eigenvalue weighted by atomic mass is 15.1. The lowest BCUT2D eigenvalue weighted by atomic mass is 9.96. The highest BCUT2D eigenvalue weighted by Crippen LogP contribution is 2.34. The smallest absolute Gasteiger partial charge is 0.159 e. The summed E-state index contributed by atoms with van der Waals surface area (Å²) in [7, 11) is 0. The lowest BCUT2D eigenvalue weighted by Gasteiger charge is -2.10. The molecule has 3 N–H and O–H groups in total. The Balaban J connectivity index is 1.51. The summed E-state index contributed by atoms with van der Waals surface area (Å²) < 4.78 is 0. The molecule has 0 amide bonds. The van der Waals surface area contributed by atoms with E-state index in [1.165, 1.54) is 5.56 Å². The molecule has 0 aliphatic carbocycles. The minimum atomic E-state index is 0.760. The molecule has 30 heavy (non-hydrogen) atoms. The second-order valence-corrected chi connectivity index (χ2v) is 7.39. The van der Waals surface area contributed by atoms with E-state index in [4.69, 9.17) is 4.98 Å². The molecule has 0 saturated heterocycles. The molecule has 2 aromatic carbocycles. The van der Waals surface area contributed by atoms with Gasteiger partial charge in [-0.2, -0.15) is 5.10 Å². The van der Waals surface area contributed by atoms with Crippen LogP contribution >= 0.6 is 0 Å². The monoisotopic (exact) mass is 390 g/mol. The highest BCUT2D eigenvalue weighted by molar-refractivity contribution is 5.96. The number of nitrogens with one attached hydrogen (secondary N) is 3. The minimum Gasteiger partial charge on any atom is -0.367 e. The van der Waals surface area contributed by atoms with Crippen molar-refractivity contribution in [2.45, 2.75) is 6.92 Å². The molecule has 0 unspecified atom stereocenters. The molecule has 0 atom stereocenters. The van der Waals surface area contributed by atoms with E-state index in [9.17, 15) is 0 Å². The first-order valence-electron chi connectivity index (χ1n) is 9.79. The molecule has 4 aromatic heterocycles. The fourth-order valence-corrected chi connectivity index (χ4v) is 4.03. The number of pyridine rings is 1. The molecular formula is C24H18N6. The topological polar surface area (TPSA) is 86.0 Å². The molecule has 4 heterocycles. The van der Waals surface area contributed by atoms with E-state index in [-0.39, 0.29) is 0 Å². The summed E-state index contributed by atoms with van der Waals surface area (Å²) in [5.41, 5.74) is 9.37. The molecular weight excluding hydrogens is 372 g/mol. The van der Waals surface area contributed by atoms with Crippen LogP contribution in [0.5, 0.6) is 0 Å². The second-order valence-electron chi connectivity index (χ2n) is 7.39. The van der Waals surface area contributed by atoms with Crippen LogP contribution in [0.2, 0.25) is 0 Å². The van der Waals surface area contributed by atoms with Crippen molar-refractivity contribution in [3.05, 3.63) is 78.9 Å². The van der Waals surface area contributed by atoms with Crippen molar-refractivity contribution >= 4 is 21.9 Å². The molecule has 6 rings (SSSR count). The third kappa shape index (κ3) is 2.54. The summed E-state index contributed by atoms with van der Waals surface area (Å²) in [6.07, 6.45) is 7.76. The summed E-state index contributed by atoms with van der Waals surface area (Å²) >= 11 is 0. The van der Waals surface area contributed by atoms with Gasteiger partial charge in [0.25, 0.3) is 0 Å². The zero-order chi connectivity index (χ0) is 20.1. The standard InChI is InChI=1S/C24H18N6/c1-14-18(12-26-13-19(14)16-8-9-25-11-16)15-6-7-20-17(10-15)23(30-29-20)24-27-21-4-2-3-5-22(21)28-24/h2-13,25H,1H3,(H,27,28)(H,29,30). The van der Waals surface area contributed by atoms with Crippen LogP contribution in [0, 0.1) is 6.92 Å². The Morgan fingerprint density at radius 1 is 0.867 bits per heavy atom. The summed E-state index contributed by atoms with van der Waals surface area (Å²) in [4.78, 5) is 15.7. The fraction of sp³-hybridized carbons (Fsp3) is 0.0417. The first-order chi connectivity index (χ1) is 14.8. The van der Waals surface area contributed by atoms with E-state index in [1.807, 2.05) is 49.1 Å². The van der Waals surface area contributed by atoms with Gasteiger partial charge in [0.1, 0.15) is 5.69 Å². The lowest BCUT2D eigenvalue weighted by Crippen LogP contribution is -1.90. The van der Waals surface area contributed by atoms with E-state index in [1.54, 1.807) is 0 Å². The number of fused-ring (bicyclic) bond motifs is 2. The predicted molar refractivity (Wildman–Crippen MR) is 119 cm³/mol. The number of hydrogen-bond donors (Lipinski definition) is 3. The number of rotatable bonds is 3. The number of nitrogens with zero attached hydrogens (tertiary/aromatic N) is 3. The maximum atomic E-state index is 4.72. The zero-order valence-electron chi connectivity index (χ0n) is 16.3. The molecule has 0 bridgehead atoms. The molecule has 0 radical (unpaired) electrons. The van der Waals surface area contributed by atoms with E-state index >= 15 is 0 Å². The Labute approximate surface area is 172 Å². The number of hydrogen-bond acceptors (Lipinski definition) is 3. The summed E-state index contributed by atoms with van der Waals surface area (Å²) in [6.45, 7) is 2.14. The van der Waals surface area contributed by atoms with Crippen molar-refractivity contribution in [1.29, 1.82) is 0 Å². The van der Waals surface area contributed by atoms with Gasteiger partial charge in [0.05, 0.1) is 16.6 Å². The van der Waals surface area contributed by atoms with Gasteiger partial charge in [-0.05, 0) is 48.4 Å². The van der Waals surface area contributed by atoms with Crippen LogP contribution in [0.3, 0.4) is 0 Å². The van der Waals surface area contributed by atoms with Crippen LogP contribution in [0.1, 0.15) is 5.56 Å². The van der Waals surface area contributed by atoms with Crippen LogP contribution in [0.25, 0.3) is 55.7 Å². The van der Waals surface area contributed by atoms with Crippen molar-refractivity contribution in [2.24, 2.45) is 0 Å². The molecule has 6 aromatic rings. The van der Waals surface area contributed by atoms with Gasteiger partial charge in [-0.25, -0.2) is 4.98 Å². The van der Waals surface area contributed by atoms with Gasteiger partial charge >= 0.3 is 0 Å². The minimum absolute atomic E-state index is 0.760. The molecule has 6 heteroatoms. The summed E-state index contributed by atoms with van der Waals surface area (Å²) in [6, 6.07) is 16.4. The van der Waals surface area contributed by atoms with Crippen molar-refractivity contribution in [3.63, 3.8) is 0 Å². The van der Waals surface area contributed by atoms with Crippen LogP contribution in [-0.2, 0) is 0 Å². The number of benzene rings is 2. The SMILES string of the molecule is Cc1c(-c2cc[nH]c2)cncc1-c1ccc2[nH]nc(-c3nc4ccccc4[nH]3)c2c1. The van der Waals surface area contributed by atoms with Crippen molar-refractivity contribution in [1.82, 2.24) is 30.1 Å². The van der Waals surface area contributed by atoms with Gasteiger partial charge in [0.2, 0.25) is 0 Å². The summed E-state index contributed by atoms with van der Waals surface area (Å²) in [5.74, 6) is 0.760. The maximum absolute atomic E-state index is 4.72.